The van der Waals surface area contributed by atoms with Gasteiger partial charge in [-0.2, -0.15) is 0 Å². The van der Waals surface area contributed by atoms with Crippen molar-refractivity contribution in [2.45, 2.75) is 26.4 Å². The number of aromatic nitrogens is 1. The zero-order valence-corrected chi connectivity index (χ0v) is 9.19. The molecule has 1 saturated heterocycles. The van der Waals surface area contributed by atoms with E-state index in [0.29, 0.717) is 0 Å². The highest BCUT2D eigenvalue weighted by Gasteiger charge is 2.17. The lowest BCUT2D eigenvalue weighted by molar-refractivity contribution is 0.277. The van der Waals surface area contributed by atoms with E-state index in [1.165, 1.54) is 12.8 Å². The zero-order valence-electron chi connectivity index (χ0n) is 9.19. The SMILES string of the molecule is CC1CCCN(c2cccc(CO)n2)C1. The number of aliphatic hydroxyl groups excluding tert-OH is 1. The third kappa shape index (κ3) is 2.48. The van der Waals surface area contributed by atoms with Crippen molar-refractivity contribution in [3.8, 4) is 0 Å². The maximum Gasteiger partial charge on any atom is 0.128 e. The standard InChI is InChI=1S/C12H18N2O/c1-10-4-3-7-14(8-10)12-6-2-5-11(9-15)13-12/h2,5-6,10,15H,3-4,7-9H2,1H3. The molecule has 1 aliphatic rings. The van der Waals surface area contributed by atoms with Crippen LogP contribution in [-0.4, -0.2) is 23.2 Å². The highest BCUT2D eigenvalue weighted by molar-refractivity contribution is 5.39. The van der Waals surface area contributed by atoms with Gasteiger partial charge in [0.15, 0.2) is 0 Å². The Morgan fingerprint density at radius 2 is 2.40 bits per heavy atom. The Bertz CT molecular complexity index is 327. The van der Waals surface area contributed by atoms with Gasteiger partial charge in [-0.3, -0.25) is 0 Å². The summed E-state index contributed by atoms with van der Waals surface area (Å²) in [6, 6.07) is 5.85. The van der Waals surface area contributed by atoms with Crippen LogP contribution < -0.4 is 4.90 Å². The molecule has 3 nitrogen and oxygen atoms in total. The van der Waals surface area contributed by atoms with E-state index < -0.39 is 0 Å². The third-order valence-corrected chi connectivity index (χ3v) is 2.94. The van der Waals surface area contributed by atoms with Crippen LogP contribution in [0.4, 0.5) is 5.82 Å². The van der Waals surface area contributed by atoms with Gasteiger partial charge in [-0.1, -0.05) is 13.0 Å². The molecule has 0 saturated carbocycles. The van der Waals surface area contributed by atoms with Gasteiger partial charge in [0.25, 0.3) is 0 Å². The Labute approximate surface area is 90.8 Å². The smallest absolute Gasteiger partial charge is 0.128 e. The summed E-state index contributed by atoms with van der Waals surface area (Å²) in [5.74, 6) is 1.76. The molecule has 1 unspecified atom stereocenters. The van der Waals surface area contributed by atoms with E-state index in [4.69, 9.17) is 5.11 Å². The van der Waals surface area contributed by atoms with E-state index in [1.54, 1.807) is 0 Å². The molecule has 1 fully saturated rings. The summed E-state index contributed by atoms with van der Waals surface area (Å²) in [6.07, 6.45) is 2.56. The van der Waals surface area contributed by atoms with Crippen LogP contribution in [0.25, 0.3) is 0 Å². The van der Waals surface area contributed by atoms with Gasteiger partial charge in [-0.25, -0.2) is 4.98 Å². The molecule has 1 N–H and O–H groups in total. The van der Waals surface area contributed by atoms with Crippen molar-refractivity contribution in [2.75, 3.05) is 18.0 Å². The number of hydrogen-bond donors (Lipinski definition) is 1. The summed E-state index contributed by atoms with van der Waals surface area (Å²) in [5, 5.41) is 9.03. The molecule has 2 heterocycles. The fourth-order valence-electron chi connectivity index (χ4n) is 2.13. The minimum Gasteiger partial charge on any atom is -0.390 e. The molecule has 1 atom stereocenters. The van der Waals surface area contributed by atoms with E-state index in [1.807, 2.05) is 18.2 Å². The fraction of sp³-hybridized carbons (Fsp3) is 0.583. The number of hydrogen-bond acceptors (Lipinski definition) is 3. The monoisotopic (exact) mass is 206 g/mol. The van der Waals surface area contributed by atoms with E-state index in [9.17, 15) is 0 Å². The summed E-state index contributed by atoms with van der Waals surface area (Å²) >= 11 is 0. The number of rotatable bonds is 2. The molecule has 1 aliphatic heterocycles. The fourth-order valence-corrected chi connectivity index (χ4v) is 2.13. The molecule has 0 radical (unpaired) electrons. The first-order valence-electron chi connectivity index (χ1n) is 5.61. The van der Waals surface area contributed by atoms with Crippen molar-refractivity contribution in [2.24, 2.45) is 5.92 Å². The van der Waals surface area contributed by atoms with Gasteiger partial charge in [-0.05, 0) is 30.9 Å². The lowest BCUT2D eigenvalue weighted by Crippen LogP contribution is -2.34. The van der Waals surface area contributed by atoms with Gasteiger partial charge in [0, 0.05) is 13.1 Å². The first-order chi connectivity index (χ1) is 7.29. The van der Waals surface area contributed by atoms with Crippen LogP contribution in [-0.2, 0) is 6.61 Å². The van der Waals surface area contributed by atoms with Gasteiger partial charge in [0.2, 0.25) is 0 Å². The molecule has 0 aromatic carbocycles. The third-order valence-electron chi connectivity index (χ3n) is 2.94. The molecule has 15 heavy (non-hydrogen) atoms. The molecular weight excluding hydrogens is 188 g/mol. The normalized spacial score (nSPS) is 21.7. The minimum atomic E-state index is 0.0250. The van der Waals surface area contributed by atoms with Gasteiger partial charge in [0.1, 0.15) is 5.82 Å². The quantitative estimate of drug-likeness (QED) is 0.801. The molecule has 0 bridgehead atoms. The summed E-state index contributed by atoms with van der Waals surface area (Å²) in [4.78, 5) is 6.74. The van der Waals surface area contributed by atoms with E-state index >= 15 is 0 Å². The van der Waals surface area contributed by atoms with Crippen LogP contribution in [0.1, 0.15) is 25.5 Å². The second-order valence-electron chi connectivity index (χ2n) is 4.34. The molecule has 2 rings (SSSR count). The van der Waals surface area contributed by atoms with Crippen molar-refractivity contribution in [1.82, 2.24) is 4.98 Å². The molecule has 3 heteroatoms. The van der Waals surface area contributed by atoms with Crippen molar-refractivity contribution in [3.05, 3.63) is 23.9 Å². The van der Waals surface area contributed by atoms with Crippen molar-refractivity contribution < 1.29 is 5.11 Å². The Kier molecular flexibility index (Phi) is 3.21. The Morgan fingerprint density at radius 3 is 3.13 bits per heavy atom. The molecular formula is C12H18N2O. The van der Waals surface area contributed by atoms with Crippen LogP contribution in [0.15, 0.2) is 18.2 Å². The van der Waals surface area contributed by atoms with Crippen LogP contribution in [0.3, 0.4) is 0 Å². The molecule has 0 amide bonds. The molecule has 0 spiro atoms. The Morgan fingerprint density at radius 1 is 1.53 bits per heavy atom. The summed E-state index contributed by atoms with van der Waals surface area (Å²) in [6.45, 7) is 4.48. The number of pyridine rings is 1. The lowest BCUT2D eigenvalue weighted by atomic mass is 10.0. The largest absolute Gasteiger partial charge is 0.390 e. The van der Waals surface area contributed by atoms with Crippen LogP contribution in [0.5, 0.6) is 0 Å². The predicted octanol–water partition coefficient (Wildman–Crippen LogP) is 1.81. The average Bonchev–Trinajstić information content (AvgIpc) is 2.29. The molecule has 1 aromatic heterocycles. The second kappa shape index (κ2) is 4.62. The van der Waals surface area contributed by atoms with E-state index in [-0.39, 0.29) is 6.61 Å². The molecule has 82 valence electrons. The lowest BCUT2D eigenvalue weighted by Gasteiger charge is -2.32. The van der Waals surface area contributed by atoms with Crippen LogP contribution in [0.2, 0.25) is 0 Å². The zero-order chi connectivity index (χ0) is 10.7. The van der Waals surface area contributed by atoms with Gasteiger partial charge >= 0.3 is 0 Å². The maximum absolute atomic E-state index is 9.03. The first-order valence-corrected chi connectivity index (χ1v) is 5.61. The summed E-state index contributed by atoms with van der Waals surface area (Å²) in [7, 11) is 0. The Hall–Kier alpha value is -1.09. The molecule has 0 aliphatic carbocycles. The Balaban J connectivity index is 2.13. The second-order valence-corrected chi connectivity index (χ2v) is 4.34. The predicted molar refractivity (Wildman–Crippen MR) is 60.8 cm³/mol. The van der Waals surface area contributed by atoms with Gasteiger partial charge in [0.05, 0.1) is 12.3 Å². The number of anilines is 1. The van der Waals surface area contributed by atoms with E-state index in [2.05, 4.69) is 16.8 Å². The highest BCUT2D eigenvalue weighted by Crippen LogP contribution is 2.21. The summed E-state index contributed by atoms with van der Waals surface area (Å²) in [5.41, 5.74) is 0.755. The number of aliphatic hydroxyl groups is 1. The van der Waals surface area contributed by atoms with Crippen molar-refractivity contribution in [3.63, 3.8) is 0 Å². The first kappa shape index (κ1) is 10.4. The van der Waals surface area contributed by atoms with Crippen LogP contribution in [0, 0.1) is 5.92 Å². The molecule has 1 aromatic rings. The highest BCUT2D eigenvalue weighted by atomic mass is 16.3. The van der Waals surface area contributed by atoms with Crippen molar-refractivity contribution in [1.29, 1.82) is 0 Å². The summed E-state index contributed by atoms with van der Waals surface area (Å²) < 4.78 is 0. The van der Waals surface area contributed by atoms with Crippen molar-refractivity contribution >= 4 is 5.82 Å². The minimum absolute atomic E-state index is 0.0250. The maximum atomic E-state index is 9.03. The number of nitrogens with zero attached hydrogens (tertiary/aromatic N) is 2. The van der Waals surface area contributed by atoms with Gasteiger partial charge in [-0.15, -0.1) is 0 Å². The topological polar surface area (TPSA) is 36.4 Å². The van der Waals surface area contributed by atoms with Gasteiger partial charge < -0.3 is 10.0 Å². The average molecular weight is 206 g/mol. The number of piperidine rings is 1. The van der Waals surface area contributed by atoms with Crippen LogP contribution >= 0.6 is 0 Å². The van der Waals surface area contributed by atoms with E-state index in [0.717, 1.165) is 30.5 Å².